The van der Waals surface area contributed by atoms with E-state index in [-0.39, 0.29) is 0 Å². The van der Waals surface area contributed by atoms with Gasteiger partial charge in [0.2, 0.25) is 0 Å². The van der Waals surface area contributed by atoms with E-state index in [9.17, 15) is 0 Å². The molecule has 1 saturated heterocycles. The lowest BCUT2D eigenvalue weighted by atomic mass is 10.1. The smallest absolute Gasteiger partial charge is 0.0441 e. The fraction of sp³-hybridized carbons (Fsp3) is 0.538. The number of piperazine rings is 1. The molecule has 1 fully saturated rings. The van der Waals surface area contributed by atoms with Crippen LogP contribution in [0.5, 0.6) is 0 Å². The fourth-order valence-corrected chi connectivity index (χ4v) is 2.86. The van der Waals surface area contributed by atoms with Crippen molar-refractivity contribution in [1.82, 2.24) is 5.32 Å². The maximum Gasteiger partial charge on any atom is 0.0441 e. The van der Waals surface area contributed by atoms with E-state index < -0.39 is 0 Å². The predicted molar refractivity (Wildman–Crippen MR) is 75.4 cm³/mol. The fourth-order valence-electron chi connectivity index (χ4n) is 2.34. The summed E-state index contributed by atoms with van der Waals surface area (Å²) in [5, 5.41) is 4.91. The van der Waals surface area contributed by atoms with Crippen molar-refractivity contribution in [3.8, 4) is 0 Å². The first-order valence-electron chi connectivity index (χ1n) is 6.06. The number of nitrogens with one attached hydrogen (secondary N) is 1. The Morgan fingerprint density at radius 2 is 1.94 bits per heavy atom. The van der Waals surface area contributed by atoms with E-state index in [0.717, 1.165) is 25.2 Å². The molecule has 2 nitrogen and oxygen atoms in total. The Balaban J connectivity index is 2.28. The van der Waals surface area contributed by atoms with Crippen molar-refractivity contribution >= 4 is 28.9 Å². The Bertz CT molecular complexity index is 375. The van der Waals surface area contributed by atoms with Crippen LogP contribution in [-0.2, 0) is 0 Å². The lowest BCUT2D eigenvalue weighted by Crippen LogP contribution is -2.55. The predicted octanol–water partition coefficient (Wildman–Crippen LogP) is 3.57. The monoisotopic (exact) mass is 272 g/mol. The van der Waals surface area contributed by atoms with Crippen molar-refractivity contribution in [2.75, 3.05) is 18.0 Å². The van der Waals surface area contributed by atoms with Gasteiger partial charge in [-0.05, 0) is 31.5 Å². The van der Waals surface area contributed by atoms with Gasteiger partial charge < -0.3 is 10.2 Å². The third-order valence-corrected chi connectivity index (χ3v) is 3.70. The standard InChI is InChI=1S/C13H18Cl2N2/c1-3-12-7-16-9(2)8-17(12)13-5-10(14)4-11(15)6-13/h4-6,9,12,16H,3,7-8H2,1-2H3. The van der Waals surface area contributed by atoms with Crippen molar-refractivity contribution in [1.29, 1.82) is 0 Å². The summed E-state index contributed by atoms with van der Waals surface area (Å²) in [4.78, 5) is 2.40. The van der Waals surface area contributed by atoms with E-state index in [1.165, 1.54) is 0 Å². The molecule has 0 amide bonds. The van der Waals surface area contributed by atoms with Crippen LogP contribution in [0.3, 0.4) is 0 Å². The zero-order valence-corrected chi connectivity index (χ0v) is 11.7. The molecular weight excluding hydrogens is 255 g/mol. The minimum atomic E-state index is 0.496. The van der Waals surface area contributed by atoms with Gasteiger partial charge >= 0.3 is 0 Å². The molecule has 2 rings (SSSR count). The van der Waals surface area contributed by atoms with Gasteiger partial charge in [-0.3, -0.25) is 0 Å². The molecule has 0 radical (unpaired) electrons. The second-order valence-corrected chi connectivity index (χ2v) is 5.52. The molecule has 1 aromatic carbocycles. The van der Waals surface area contributed by atoms with E-state index in [4.69, 9.17) is 23.2 Å². The third-order valence-electron chi connectivity index (χ3n) is 3.26. The van der Waals surface area contributed by atoms with Gasteiger partial charge in [0.05, 0.1) is 0 Å². The molecule has 0 aliphatic carbocycles. The van der Waals surface area contributed by atoms with Crippen LogP contribution in [0.25, 0.3) is 0 Å². The third kappa shape index (κ3) is 3.06. The maximum atomic E-state index is 6.07. The molecule has 1 aliphatic heterocycles. The first-order valence-corrected chi connectivity index (χ1v) is 6.82. The Morgan fingerprint density at radius 1 is 1.29 bits per heavy atom. The van der Waals surface area contributed by atoms with E-state index in [1.807, 2.05) is 12.1 Å². The molecule has 17 heavy (non-hydrogen) atoms. The molecule has 1 N–H and O–H groups in total. The lowest BCUT2D eigenvalue weighted by Gasteiger charge is -2.40. The maximum absolute atomic E-state index is 6.07. The summed E-state index contributed by atoms with van der Waals surface area (Å²) < 4.78 is 0. The van der Waals surface area contributed by atoms with Crippen molar-refractivity contribution < 1.29 is 0 Å². The Labute approximate surface area is 113 Å². The Hall–Kier alpha value is -0.440. The summed E-state index contributed by atoms with van der Waals surface area (Å²) >= 11 is 12.1. The molecule has 1 aliphatic rings. The molecular formula is C13H18Cl2N2. The van der Waals surface area contributed by atoms with E-state index in [1.54, 1.807) is 6.07 Å². The number of nitrogens with zero attached hydrogens (tertiary/aromatic N) is 1. The Kier molecular flexibility index (Phi) is 4.18. The first-order chi connectivity index (χ1) is 8.10. The van der Waals surface area contributed by atoms with Crippen LogP contribution in [0.15, 0.2) is 18.2 Å². The zero-order chi connectivity index (χ0) is 12.4. The summed E-state index contributed by atoms with van der Waals surface area (Å²) in [5.74, 6) is 0. The van der Waals surface area contributed by atoms with Gasteiger partial charge in [0, 0.05) is 40.9 Å². The molecule has 0 spiro atoms. The van der Waals surface area contributed by atoms with Crippen LogP contribution < -0.4 is 10.2 Å². The summed E-state index contributed by atoms with van der Waals surface area (Å²) in [5.41, 5.74) is 1.13. The molecule has 2 unspecified atom stereocenters. The van der Waals surface area contributed by atoms with Crippen molar-refractivity contribution in [2.45, 2.75) is 32.4 Å². The average molecular weight is 273 g/mol. The van der Waals surface area contributed by atoms with Crippen LogP contribution >= 0.6 is 23.2 Å². The molecule has 0 saturated carbocycles. The largest absolute Gasteiger partial charge is 0.366 e. The lowest BCUT2D eigenvalue weighted by molar-refractivity contribution is 0.402. The van der Waals surface area contributed by atoms with Crippen LogP contribution in [0.1, 0.15) is 20.3 Å². The van der Waals surface area contributed by atoms with Gasteiger partial charge in [-0.2, -0.15) is 0 Å². The van der Waals surface area contributed by atoms with E-state index >= 15 is 0 Å². The van der Waals surface area contributed by atoms with Crippen LogP contribution in [0.4, 0.5) is 5.69 Å². The van der Waals surface area contributed by atoms with Gasteiger partial charge in [-0.1, -0.05) is 30.1 Å². The number of halogens is 2. The molecule has 4 heteroatoms. The second kappa shape index (κ2) is 5.47. The summed E-state index contributed by atoms with van der Waals surface area (Å²) in [6.45, 7) is 6.42. The van der Waals surface area contributed by atoms with Gasteiger partial charge in [0.25, 0.3) is 0 Å². The van der Waals surface area contributed by atoms with Crippen LogP contribution in [0, 0.1) is 0 Å². The molecule has 1 heterocycles. The first kappa shape index (κ1) is 13.0. The Morgan fingerprint density at radius 3 is 2.53 bits per heavy atom. The highest BCUT2D eigenvalue weighted by atomic mass is 35.5. The van der Waals surface area contributed by atoms with Crippen molar-refractivity contribution in [2.24, 2.45) is 0 Å². The SMILES string of the molecule is CCC1CNC(C)CN1c1cc(Cl)cc(Cl)c1. The molecule has 0 bridgehead atoms. The summed E-state index contributed by atoms with van der Waals surface area (Å²) in [6, 6.07) is 6.78. The van der Waals surface area contributed by atoms with Gasteiger partial charge in [-0.25, -0.2) is 0 Å². The zero-order valence-electron chi connectivity index (χ0n) is 10.2. The topological polar surface area (TPSA) is 15.3 Å². The normalized spacial score (nSPS) is 25.1. The number of hydrogen-bond acceptors (Lipinski definition) is 2. The van der Waals surface area contributed by atoms with E-state index in [2.05, 4.69) is 24.1 Å². The molecule has 0 aromatic heterocycles. The van der Waals surface area contributed by atoms with E-state index in [0.29, 0.717) is 22.1 Å². The molecule has 94 valence electrons. The molecule has 1 aromatic rings. The van der Waals surface area contributed by atoms with Crippen LogP contribution in [0.2, 0.25) is 10.0 Å². The number of rotatable bonds is 2. The number of benzene rings is 1. The minimum absolute atomic E-state index is 0.496. The molecule has 2 atom stereocenters. The minimum Gasteiger partial charge on any atom is -0.366 e. The van der Waals surface area contributed by atoms with Crippen molar-refractivity contribution in [3.05, 3.63) is 28.2 Å². The highest BCUT2D eigenvalue weighted by Crippen LogP contribution is 2.28. The van der Waals surface area contributed by atoms with Crippen molar-refractivity contribution in [3.63, 3.8) is 0 Å². The highest BCUT2D eigenvalue weighted by molar-refractivity contribution is 6.35. The summed E-state index contributed by atoms with van der Waals surface area (Å²) in [6.07, 6.45) is 1.11. The summed E-state index contributed by atoms with van der Waals surface area (Å²) in [7, 11) is 0. The number of hydrogen-bond donors (Lipinski definition) is 1. The number of anilines is 1. The van der Waals surface area contributed by atoms with Gasteiger partial charge in [-0.15, -0.1) is 0 Å². The van der Waals surface area contributed by atoms with Crippen LogP contribution in [-0.4, -0.2) is 25.2 Å². The quantitative estimate of drug-likeness (QED) is 0.886. The average Bonchev–Trinajstić information content (AvgIpc) is 2.27. The van der Waals surface area contributed by atoms with Gasteiger partial charge in [0.15, 0.2) is 0 Å². The second-order valence-electron chi connectivity index (χ2n) is 4.65. The highest BCUT2D eigenvalue weighted by Gasteiger charge is 2.24. The van der Waals surface area contributed by atoms with Gasteiger partial charge in [0.1, 0.15) is 0 Å².